The second-order valence-corrected chi connectivity index (χ2v) is 9.14. The Hall–Kier alpha value is -2.28. The zero-order valence-electron chi connectivity index (χ0n) is 16.6. The molecular formula is C22H26ClN3O2S. The molecule has 1 saturated heterocycles. The van der Waals surface area contributed by atoms with E-state index in [2.05, 4.69) is 16.3 Å². The second-order valence-electron chi connectivity index (χ2n) is 7.17. The first-order valence-corrected chi connectivity index (χ1v) is 11.0. The predicted octanol–water partition coefficient (Wildman–Crippen LogP) is 3.80. The molecule has 1 fully saturated rings. The second kappa shape index (κ2) is 8.61. The van der Waals surface area contributed by atoms with Crippen LogP contribution in [-0.2, 0) is 10.0 Å². The van der Waals surface area contributed by atoms with Gasteiger partial charge in [0.15, 0.2) is 0 Å². The van der Waals surface area contributed by atoms with Gasteiger partial charge < -0.3 is 10.2 Å². The van der Waals surface area contributed by atoms with E-state index in [0.717, 1.165) is 48.2 Å². The third-order valence-electron chi connectivity index (χ3n) is 5.35. The zero-order chi connectivity index (χ0) is 19.7. The lowest BCUT2D eigenvalue weighted by Crippen LogP contribution is -2.43. The molecule has 3 aromatic rings. The summed E-state index contributed by atoms with van der Waals surface area (Å²) in [6.45, 7) is 5.75. The Morgan fingerprint density at radius 2 is 1.52 bits per heavy atom. The van der Waals surface area contributed by atoms with Crippen LogP contribution in [0.5, 0.6) is 0 Å². The van der Waals surface area contributed by atoms with Crippen molar-refractivity contribution in [2.24, 2.45) is 0 Å². The van der Waals surface area contributed by atoms with Crippen LogP contribution in [0.15, 0.2) is 65.6 Å². The number of hydrogen-bond donors (Lipinski definition) is 1. The van der Waals surface area contributed by atoms with Crippen LogP contribution in [0.25, 0.3) is 10.8 Å². The molecule has 0 atom stereocenters. The van der Waals surface area contributed by atoms with Gasteiger partial charge in [-0.25, -0.2) is 8.42 Å². The maximum atomic E-state index is 13.2. The number of rotatable bonds is 4. The monoisotopic (exact) mass is 431 g/mol. The summed E-state index contributed by atoms with van der Waals surface area (Å²) in [4.78, 5) is 2.66. The molecular weight excluding hydrogens is 406 g/mol. The number of aryl methyl sites for hydroxylation is 1. The van der Waals surface area contributed by atoms with Crippen LogP contribution in [0.2, 0.25) is 0 Å². The Labute approximate surface area is 178 Å². The summed E-state index contributed by atoms with van der Waals surface area (Å²) in [7, 11) is -2.00. The topological polar surface area (TPSA) is 52.7 Å². The van der Waals surface area contributed by atoms with Gasteiger partial charge in [0.25, 0.3) is 10.0 Å². The van der Waals surface area contributed by atoms with E-state index in [1.54, 1.807) is 19.2 Å². The molecule has 4 rings (SSSR count). The van der Waals surface area contributed by atoms with E-state index in [0.29, 0.717) is 10.6 Å². The Bertz CT molecular complexity index is 1090. The molecule has 1 aliphatic rings. The molecule has 0 saturated carbocycles. The lowest BCUT2D eigenvalue weighted by atomic mass is 10.1. The Kier molecular flexibility index (Phi) is 6.36. The number of piperazine rings is 1. The summed E-state index contributed by atoms with van der Waals surface area (Å²) >= 11 is 0. The molecule has 5 nitrogen and oxygen atoms in total. The van der Waals surface area contributed by atoms with Crippen LogP contribution >= 0.6 is 12.4 Å². The van der Waals surface area contributed by atoms with Gasteiger partial charge in [0.1, 0.15) is 0 Å². The number of fused-ring (bicyclic) bond motifs is 1. The van der Waals surface area contributed by atoms with E-state index in [4.69, 9.17) is 0 Å². The molecule has 0 bridgehead atoms. The number of benzene rings is 3. The van der Waals surface area contributed by atoms with Crippen molar-refractivity contribution in [1.82, 2.24) is 5.32 Å². The van der Waals surface area contributed by atoms with Gasteiger partial charge in [0.2, 0.25) is 0 Å². The number of anilines is 2. The van der Waals surface area contributed by atoms with Gasteiger partial charge in [-0.3, -0.25) is 4.31 Å². The lowest BCUT2D eigenvalue weighted by Gasteiger charge is -2.31. The average molecular weight is 432 g/mol. The minimum atomic E-state index is -3.63. The van der Waals surface area contributed by atoms with Crippen molar-refractivity contribution in [3.8, 4) is 0 Å². The number of nitrogens with one attached hydrogen (secondary N) is 1. The van der Waals surface area contributed by atoms with E-state index < -0.39 is 10.0 Å². The first-order valence-electron chi connectivity index (χ1n) is 9.51. The minimum absolute atomic E-state index is 0. The molecule has 0 aliphatic carbocycles. The standard InChI is InChI=1S/C22H25N3O2S.ClH/c1-17-7-9-18(10-8-17)28(26,27)24(2)21-11-12-22(25-15-13-23-14-16-25)20-6-4-3-5-19(20)21;/h3-12,23H,13-16H2,1-2H3;1H. The maximum Gasteiger partial charge on any atom is 0.264 e. The number of sulfonamides is 1. The van der Waals surface area contributed by atoms with Gasteiger partial charge in [-0.05, 0) is 31.2 Å². The summed E-state index contributed by atoms with van der Waals surface area (Å²) in [5, 5.41) is 5.39. The van der Waals surface area contributed by atoms with Crippen LogP contribution < -0.4 is 14.5 Å². The first kappa shape index (κ1) is 21.4. The molecule has 1 N–H and O–H groups in total. The van der Waals surface area contributed by atoms with Crippen LogP contribution in [-0.4, -0.2) is 41.6 Å². The molecule has 3 aromatic carbocycles. The highest BCUT2D eigenvalue weighted by atomic mass is 35.5. The molecule has 29 heavy (non-hydrogen) atoms. The molecule has 1 heterocycles. The normalized spacial score (nSPS) is 14.5. The summed E-state index contributed by atoms with van der Waals surface area (Å²) in [5.74, 6) is 0. The summed E-state index contributed by atoms with van der Waals surface area (Å²) < 4.78 is 27.8. The molecule has 0 spiro atoms. The lowest BCUT2D eigenvalue weighted by molar-refractivity contribution is 0.590. The summed E-state index contributed by atoms with van der Waals surface area (Å²) in [6, 6.07) is 19.0. The Balaban J connectivity index is 0.00000240. The predicted molar refractivity (Wildman–Crippen MR) is 123 cm³/mol. The van der Waals surface area contributed by atoms with Gasteiger partial charge in [0, 0.05) is 49.7 Å². The molecule has 0 unspecified atom stereocenters. The highest BCUT2D eigenvalue weighted by Crippen LogP contribution is 2.36. The Morgan fingerprint density at radius 1 is 0.897 bits per heavy atom. The van der Waals surface area contributed by atoms with Crippen LogP contribution in [0, 0.1) is 6.92 Å². The molecule has 0 radical (unpaired) electrons. The van der Waals surface area contributed by atoms with Crippen LogP contribution in [0.4, 0.5) is 11.4 Å². The van der Waals surface area contributed by atoms with Crippen molar-refractivity contribution < 1.29 is 8.42 Å². The molecule has 154 valence electrons. The zero-order valence-corrected chi connectivity index (χ0v) is 18.3. The van der Waals surface area contributed by atoms with Crippen molar-refractivity contribution in [1.29, 1.82) is 0 Å². The van der Waals surface area contributed by atoms with Crippen molar-refractivity contribution in [2.75, 3.05) is 42.4 Å². The van der Waals surface area contributed by atoms with E-state index >= 15 is 0 Å². The van der Waals surface area contributed by atoms with Gasteiger partial charge in [0.05, 0.1) is 10.6 Å². The fourth-order valence-corrected chi connectivity index (χ4v) is 4.94. The van der Waals surface area contributed by atoms with Gasteiger partial charge in [-0.15, -0.1) is 12.4 Å². The quantitative estimate of drug-likeness (QED) is 0.682. The van der Waals surface area contributed by atoms with Crippen molar-refractivity contribution in [3.63, 3.8) is 0 Å². The number of hydrogen-bond acceptors (Lipinski definition) is 4. The highest BCUT2D eigenvalue weighted by molar-refractivity contribution is 7.92. The summed E-state index contributed by atoms with van der Waals surface area (Å²) in [6.07, 6.45) is 0. The van der Waals surface area contributed by atoms with E-state index in [9.17, 15) is 8.42 Å². The fraction of sp³-hybridized carbons (Fsp3) is 0.273. The molecule has 0 aromatic heterocycles. The molecule has 0 amide bonds. The fourth-order valence-electron chi connectivity index (χ4n) is 3.72. The average Bonchev–Trinajstić information content (AvgIpc) is 2.73. The largest absolute Gasteiger partial charge is 0.368 e. The molecule has 7 heteroatoms. The van der Waals surface area contributed by atoms with Gasteiger partial charge >= 0.3 is 0 Å². The number of nitrogens with zero attached hydrogens (tertiary/aromatic N) is 2. The van der Waals surface area contributed by atoms with Gasteiger partial charge in [-0.1, -0.05) is 42.0 Å². The maximum absolute atomic E-state index is 13.2. The number of halogens is 1. The first-order chi connectivity index (χ1) is 13.5. The van der Waals surface area contributed by atoms with Crippen molar-refractivity contribution >= 4 is 44.6 Å². The van der Waals surface area contributed by atoms with Crippen molar-refractivity contribution in [3.05, 3.63) is 66.2 Å². The third-order valence-corrected chi connectivity index (χ3v) is 7.14. The minimum Gasteiger partial charge on any atom is -0.368 e. The van der Waals surface area contributed by atoms with E-state index in [1.165, 1.54) is 4.31 Å². The smallest absolute Gasteiger partial charge is 0.264 e. The van der Waals surface area contributed by atoms with Crippen LogP contribution in [0.3, 0.4) is 0 Å². The SMILES string of the molecule is Cc1ccc(S(=O)(=O)N(C)c2ccc(N3CCNCC3)c3ccccc23)cc1.Cl. The molecule has 1 aliphatic heterocycles. The van der Waals surface area contributed by atoms with E-state index in [1.807, 2.05) is 49.4 Å². The summed E-state index contributed by atoms with van der Waals surface area (Å²) in [5.41, 5.74) is 2.88. The van der Waals surface area contributed by atoms with Crippen LogP contribution in [0.1, 0.15) is 5.56 Å². The van der Waals surface area contributed by atoms with Gasteiger partial charge in [-0.2, -0.15) is 0 Å². The van der Waals surface area contributed by atoms with E-state index in [-0.39, 0.29) is 12.4 Å². The third kappa shape index (κ3) is 4.06. The Morgan fingerprint density at radius 3 is 2.17 bits per heavy atom. The highest BCUT2D eigenvalue weighted by Gasteiger charge is 2.24. The van der Waals surface area contributed by atoms with Crippen molar-refractivity contribution in [2.45, 2.75) is 11.8 Å².